The average molecular weight is 499 g/mol. The molecule has 35 heavy (non-hydrogen) atoms. The van der Waals surface area contributed by atoms with Crippen molar-refractivity contribution in [1.82, 2.24) is 25.4 Å². The molecule has 1 unspecified atom stereocenters. The predicted molar refractivity (Wildman–Crippen MR) is 131 cm³/mol. The van der Waals surface area contributed by atoms with Gasteiger partial charge in [0, 0.05) is 29.6 Å². The number of aromatic nitrogens is 3. The molecule has 1 heterocycles. The van der Waals surface area contributed by atoms with Crippen LogP contribution in [0.5, 0.6) is 0 Å². The van der Waals surface area contributed by atoms with Gasteiger partial charge in [-0.05, 0) is 49.6 Å². The minimum atomic E-state index is -0.471. The summed E-state index contributed by atoms with van der Waals surface area (Å²) in [7, 11) is 0. The van der Waals surface area contributed by atoms with Crippen molar-refractivity contribution in [3.63, 3.8) is 0 Å². The van der Waals surface area contributed by atoms with Crippen LogP contribution in [0.1, 0.15) is 56.5 Å². The lowest BCUT2D eigenvalue weighted by molar-refractivity contribution is -0.384. The smallest absolute Gasteiger partial charge is 0.315 e. The second-order valence-corrected chi connectivity index (χ2v) is 9.48. The standard InChI is InChI=1S/C24H27FN6O3S/c1-16(26-23(32)27-19-5-3-2-4-6-19)22-28-29-24(35-15-17-7-9-18(25)10-8-17)30(22)20-11-13-21(14-12-20)31(33)34/h7-14,16,19H,2-6,15H2,1H3,(H2,26,27,32). The number of nitro benzene ring substituents is 1. The lowest BCUT2D eigenvalue weighted by atomic mass is 9.96. The summed E-state index contributed by atoms with van der Waals surface area (Å²) in [6.07, 6.45) is 5.38. The van der Waals surface area contributed by atoms with Crippen molar-refractivity contribution in [1.29, 1.82) is 0 Å². The average Bonchev–Trinajstić information content (AvgIpc) is 3.28. The highest BCUT2D eigenvalue weighted by Crippen LogP contribution is 2.28. The molecular formula is C24H27FN6O3S. The molecule has 1 atom stereocenters. The Morgan fingerprint density at radius 1 is 1.14 bits per heavy atom. The van der Waals surface area contributed by atoms with Crippen molar-refractivity contribution in [3.8, 4) is 5.69 Å². The first-order chi connectivity index (χ1) is 16.9. The van der Waals surface area contributed by atoms with Crippen LogP contribution in [0, 0.1) is 15.9 Å². The third-order valence-electron chi connectivity index (χ3n) is 5.93. The summed E-state index contributed by atoms with van der Waals surface area (Å²) >= 11 is 1.40. The lowest BCUT2D eigenvalue weighted by Gasteiger charge is -2.24. The van der Waals surface area contributed by atoms with E-state index < -0.39 is 11.0 Å². The highest BCUT2D eigenvalue weighted by atomic mass is 32.2. The maximum atomic E-state index is 13.2. The number of nitrogens with zero attached hydrogens (tertiary/aromatic N) is 4. The Balaban J connectivity index is 1.55. The zero-order valence-electron chi connectivity index (χ0n) is 19.3. The van der Waals surface area contributed by atoms with Gasteiger partial charge in [0.15, 0.2) is 11.0 Å². The van der Waals surface area contributed by atoms with Crippen LogP contribution in [0.3, 0.4) is 0 Å². The number of carbonyl (C=O) groups excluding carboxylic acids is 1. The van der Waals surface area contributed by atoms with Crippen molar-refractivity contribution < 1.29 is 14.1 Å². The molecule has 1 aliphatic carbocycles. The molecule has 0 aliphatic heterocycles. The summed E-state index contributed by atoms with van der Waals surface area (Å²) in [5, 5.41) is 26.3. The second kappa shape index (κ2) is 11.3. The van der Waals surface area contributed by atoms with Crippen LogP contribution < -0.4 is 10.6 Å². The van der Waals surface area contributed by atoms with Crippen molar-refractivity contribution in [2.75, 3.05) is 0 Å². The third-order valence-corrected chi connectivity index (χ3v) is 6.93. The molecule has 4 rings (SSSR count). The van der Waals surface area contributed by atoms with E-state index >= 15 is 0 Å². The number of nitro groups is 1. The van der Waals surface area contributed by atoms with Gasteiger partial charge in [-0.25, -0.2) is 9.18 Å². The van der Waals surface area contributed by atoms with Crippen LogP contribution in [0.15, 0.2) is 53.7 Å². The lowest BCUT2D eigenvalue weighted by Crippen LogP contribution is -2.44. The van der Waals surface area contributed by atoms with Gasteiger partial charge in [-0.1, -0.05) is 43.2 Å². The number of carbonyl (C=O) groups is 1. The minimum absolute atomic E-state index is 0.0260. The van der Waals surface area contributed by atoms with E-state index in [4.69, 9.17) is 0 Å². The van der Waals surface area contributed by atoms with Crippen LogP contribution in [-0.2, 0) is 5.75 Å². The van der Waals surface area contributed by atoms with Crippen LogP contribution in [0.2, 0.25) is 0 Å². The van der Waals surface area contributed by atoms with Crippen LogP contribution in [0.25, 0.3) is 5.69 Å². The summed E-state index contributed by atoms with van der Waals surface area (Å²) < 4.78 is 15.0. The van der Waals surface area contributed by atoms with Gasteiger partial charge in [0.1, 0.15) is 5.82 Å². The SMILES string of the molecule is CC(NC(=O)NC1CCCCC1)c1nnc(SCc2ccc(F)cc2)n1-c1ccc([N+](=O)[O-])cc1. The third kappa shape index (κ3) is 6.36. The largest absolute Gasteiger partial charge is 0.335 e. The van der Waals surface area contributed by atoms with Gasteiger partial charge in [-0.2, -0.15) is 0 Å². The molecule has 11 heteroatoms. The summed E-state index contributed by atoms with van der Waals surface area (Å²) in [6.45, 7) is 1.82. The zero-order chi connectivity index (χ0) is 24.8. The van der Waals surface area contributed by atoms with Crippen molar-refractivity contribution in [2.45, 2.75) is 62.0 Å². The quantitative estimate of drug-likeness (QED) is 0.247. The van der Waals surface area contributed by atoms with E-state index in [0.717, 1.165) is 31.2 Å². The number of thioether (sulfide) groups is 1. The summed E-state index contributed by atoms with van der Waals surface area (Å²) in [4.78, 5) is 23.3. The molecule has 0 radical (unpaired) electrons. The Kier molecular flexibility index (Phi) is 7.96. The molecule has 0 saturated heterocycles. The van der Waals surface area contributed by atoms with Gasteiger partial charge < -0.3 is 10.6 Å². The van der Waals surface area contributed by atoms with E-state index in [9.17, 15) is 19.3 Å². The Morgan fingerprint density at radius 3 is 2.49 bits per heavy atom. The fourth-order valence-corrected chi connectivity index (χ4v) is 5.00. The van der Waals surface area contributed by atoms with E-state index in [1.54, 1.807) is 28.8 Å². The van der Waals surface area contributed by atoms with E-state index in [0.29, 0.717) is 22.4 Å². The molecule has 1 aliphatic rings. The first-order valence-corrected chi connectivity index (χ1v) is 12.5. The number of rotatable bonds is 8. The number of urea groups is 1. The summed E-state index contributed by atoms with van der Waals surface area (Å²) in [5.41, 5.74) is 1.52. The molecule has 0 bridgehead atoms. The maximum Gasteiger partial charge on any atom is 0.315 e. The summed E-state index contributed by atoms with van der Waals surface area (Å²) in [6, 6.07) is 11.7. The zero-order valence-corrected chi connectivity index (χ0v) is 20.1. The molecule has 2 N–H and O–H groups in total. The molecule has 2 amide bonds. The number of halogens is 1. The molecule has 0 spiro atoms. The molecule has 3 aromatic rings. The van der Waals surface area contributed by atoms with E-state index in [1.165, 1.54) is 42.4 Å². The minimum Gasteiger partial charge on any atom is -0.335 e. The summed E-state index contributed by atoms with van der Waals surface area (Å²) in [5.74, 6) is 0.718. The Bertz CT molecular complexity index is 1160. The van der Waals surface area contributed by atoms with Crippen molar-refractivity contribution in [2.24, 2.45) is 0 Å². The molecular weight excluding hydrogens is 471 g/mol. The van der Waals surface area contributed by atoms with E-state index in [2.05, 4.69) is 20.8 Å². The van der Waals surface area contributed by atoms with Gasteiger partial charge in [0.2, 0.25) is 0 Å². The second-order valence-electron chi connectivity index (χ2n) is 8.54. The molecule has 184 valence electrons. The van der Waals surface area contributed by atoms with E-state index in [1.807, 2.05) is 6.92 Å². The number of benzene rings is 2. The fourth-order valence-electron chi connectivity index (χ4n) is 4.08. The normalized spacial score (nSPS) is 14.9. The number of hydrogen-bond donors (Lipinski definition) is 2. The van der Waals surface area contributed by atoms with Gasteiger partial charge >= 0.3 is 6.03 Å². The first kappa shape index (κ1) is 24.6. The van der Waals surface area contributed by atoms with Crippen molar-refractivity contribution >= 4 is 23.5 Å². The van der Waals surface area contributed by atoms with Crippen LogP contribution in [0.4, 0.5) is 14.9 Å². The Hall–Kier alpha value is -3.47. The fraction of sp³-hybridized carbons (Fsp3) is 0.375. The van der Waals surface area contributed by atoms with Crippen molar-refractivity contribution in [3.05, 3.63) is 75.9 Å². The maximum absolute atomic E-state index is 13.2. The van der Waals surface area contributed by atoms with Gasteiger partial charge in [-0.15, -0.1) is 10.2 Å². The first-order valence-electron chi connectivity index (χ1n) is 11.5. The molecule has 1 saturated carbocycles. The molecule has 9 nitrogen and oxygen atoms in total. The van der Waals surface area contributed by atoms with Gasteiger partial charge in [-0.3, -0.25) is 14.7 Å². The monoisotopic (exact) mass is 498 g/mol. The van der Waals surface area contributed by atoms with Gasteiger partial charge in [0.05, 0.1) is 11.0 Å². The van der Waals surface area contributed by atoms with Crippen LogP contribution >= 0.6 is 11.8 Å². The highest BCUT2D eigenvalue weighted by Gasteiger charge is 2.23. The predicted octanol–water partition coefficient (Wildman–Crippen LogP) is 5.30. The van der Waals surface area contributed by atoms with Crippen LogP contribution in [-0.4, -0.2) is 31.8 Å². The van der Waals surface area contributed by atoms with E-state index in [-0.39, 0.29) is 23.6 Å². The van der Waals surface area contributed by atoms with Gasteiger partial charge in [0.25, 0.3) is 5.69 Å². The number of nitrogens with one attached hydrogen (secondary N) is 2. The number of amides is 2. The highest BCUT2D eigenvalue weighted by molar-refractivity contribution is 7.98. The topological polar surface area (TPSA) is 115 Å². The molecule has 2 aromatic carbocycles. The molecule has 1 aromatic heterocycles. The number of non-ortho nitro benzene ring substituents is 1. The Morgan fingerprint density at radius 2 is 1.83 bits per heavy atom. The Labute approximate surface area is 206 Å². The molecule has 1 fully saturated rings. The number of hydrogen-bond acceptors (Lipinski definition) is 6.